The molecular formula is C8H16BF4NO2. The molecule has 0 aromatic rings. The number of hydrogen-bond donors (Lipinski definition) is 0. The maximum absolute atomic E-state index is 9.75. The summed E-state index contributed by atoms with van der Waals surface area (Å²) in [7, 11) is -6.00. The second-order valence-corrected chi connectivity index (χ2v) is 3.96. The minimum atomic E-state index is -6.00. The van der Waals surface area contributed by atoms with E-state index in [1.54, 1.807) is 0 Å². The van der Waals surface area contributed by atoms with E-state index in [1.165, 1.54) is 30.7 Å². The molecule has 2 fully saturated rings. The van der Waals surface area contributed by atoms with Crippen molar-refractivity contribution in [3.05, 3.63) is 0 Å². The molecule has 0 aromatic heterocycles. The first-order valence-electron chi connectivity index (χ1n) is 5.29. The van der Waals surface area contributed by atoms with Gasteiger partial charge >= 0.3 is 7.25 Å². The van der Waals surface area contributed by atoms with E-state index in [4.69, 9.17) is 9.47 Å². The Morgan fingerprint density at radius 1 is 0.688 bits per heavy atom. The van der Waals surface area contributed by atoms with E-state index in [0.717, 1.165) is 26.4 Å². The Labute approximate surface area is 92.0 Å². The number of hydrogen-bond acceptors (Lipinski definition) is 2. The second kappa shape index (κ2) is 5.83. The van der Waals surface area contributed by atoms with Crippen LogP contribution in [0, 0.1) is 0 Å². The lowest BCUT2D eigenvalue weighted by Crippen LogP contribution is -2.60. The van der Waals surface area contributed by atoms with E-state index in [0.29, 0.717) is 0 Å². The third-order valence-corrected chi connectivity index (χ3v) is 2.84. The summed E-state index contributed by atoms with van der Waals surface area (Å²) in [4.78, 5) is 0. The second-order valence-electron chi connectivity index (χ2n) is 3.96. The van der Waals surface area contributed by atoms with Gasteiger partial charge in [0.15, 0.2) is 0 Å². The van der Waals surface area contributed by atoms with Gasteiger partial charge in [-0.3, -0.25) is 0 Å². The van der Waals surface area contributed by atoms with Crippen molar-refractivity contribution >= 4 is 7.25 Å². The van der Waals surface area contributed by atoms with Crippen LogP contribution in [0.15, 0.2) is 0 Å². The number of morpholine rings is 2. The van der Waals surface area contributed by atoms with E-state index < -0.39 is 7.25 Å². The summed E-state index contributed by atoms with van der Waals surface area (Å²) in [6.07, 6.45) is 0. The molecular weight excluding hydrogens is 229 g/mol. The number of rotatable bonds is 0. The Hall–Kier alpha value is -0.335. The van der Waals surface area contributed by atoms with Crippen LogP contribution in [0.25, 0.3) is 0 Å². The molecule has 0 bridgehead atoms. The highest BCUT2D eigenvalue weighted by molar-refractivity contribution is 6.50. The fraction of sp³-hybridized carbons (Fsp3) is 1.00. The highest BCUT2D eigenvalue weighted by Crippen LogP contribution is 2.13. The maximum atomic E-state index is 9.75. The van der Waals surface area contributed by atoms with Crippen LogP contribution in [0.1, 0.15) is 0 Å². The smallest absolute Gasteiger partial charge is 0.418 e. The van der Waals surface area contributed by atoms with Crippen molar-refractivity contribution in [3.8, 4) is 0 Å². The highest BCUT2D eigenvalue weighted by Gasteiger charge is 2.32. The third-order valence-electron chi connectivity index (χ3n) is 2.84. The summed E-state index contributed by atoms with van der Waals surface area (Å²) in [5, 5.41) is 0. The van der Waals surface area contributed by atoms with Crippen molar-refractivity contribution in [1.29, 1.82) is 0 Å². The Morgan fingerprint density at radius 3 is 1.19 bits per heavy atom. The van der Waals surface area contributed by atoms with Crippen LogP contribution in [0.3, 0.4) is 0 Å². The number of halogens is 4. The summed E-state index contributed by atoms with van der Waals surface area (Å²) in [5.74, 6) is 0. The van der Waals surface area contributed by atoms with Crippen molar-refractivity contribution in [1.82, 2.24) is 0 Å². The monoisotopic (exact) mass is 245 g/mol. The summed E-state index contributed by atoms with van der Waals surface area (Å²) >= 11 is 0. The lowest BCUT2D eigenvalue weighted by atomic mass is 10.2. The van der Waals surface area contributed by atoms with Gasteiger partial charge in [-0.25, -0.2) is 0 Å². The van der Waals surface area contributed by atoms with Gasteiger partial charge in [0.25, 0.3) is 0 Å². The predicted molar refractivity (Wildman–Crippen MR) is 51.6 cm³/mol. The standard InChI is InChI=1S/C8H16NO2.BF4/c1-5-10-6-2-9(1)3-7-11-8-4-9;2-1(3,4)5/h1-8H2;/q+1;-1. The van der Waals surface area contributed by atoms with Crippen molar-refractivity contribution < 1.29 is 31.2 Å². The van der Waals surface area contributed by atoms with Gasteiger partial charge in [-0.05, 0) is 0 Å². The van der Waals surface area contributed by atoms with Crippen molar-refractivity contribution in [2.45, 2.75) is 0 Å². The van der Waals surface area contributed by atoms with Crippen LogP contribution in [-0.2, 0) is 9.47 Å². The van der Waals surface area contributed by atoms with Crippen LogP contribution in [0.5, 0.6) is 0 Å². The summed E-state index contributed by atoms with van der Waals surface area (Å²) in [6, 6.07) is 0. The number of quaternary nitrogens is 1. The third kappa shape index (κ3) is 5.67. The van der Waals surface area contributed by atoms with E-state index in [2.05, 4.69) is 0 Å². The Balaban J connectivity index is 0.000000221. The molecule has 0 atom stereocenters. The fourth-order valence-electron chi connectivity index (χ4n) is 1.91. The molecule has 2 rings (SSSR count). The highest BCUT2D eigenvalue weighted by atomic mass is 19.5. The van der Waals surface area contributed by atoms with Crippen molar-refractivity contribution in [2.75, 3.05) is 52.6 Å². The molecule has 3 nitrogen and oxygen atoms in total. The molecule has 16 heavy (non-hydrogen) atoms. The molecule has 2 heterocycles. The normalized spacial score (nSPS) is 24.8. The van der Waals surface area contributed by atoms with Crippen molar-refractivity contribution in [3.63, 3.8) is 0 Å². The van der Waals surface area contributed by atoms with E-state index in [-0.39, 0.29) is 0 Å². The summed E-state index contributed by atoms with van der Waals surface area (Å²) < 4.78 is 50.9. The van der Waals surface area contributed by atoms with Gasteiger partial charge < -0.3 is 31.2 Å². The van der Waals surface area contributed by atoms with Gasteiger partial charge in [0, 0.05) is 0 Å². The van der Waals surface area contributed by atoms with Crippen LogP contribution < -0.4 is 0 Å². The molecule has 0 radical (unpaired) electrons. The van der Waals surface area contributed by atoms with Gasteiger partial charge in [-0.15, -0.1) is 0 Å². The zero-order chi connectivity index (χ0) is 12.1. The first kappa shape index (κ1) is 13.7. The fourth-order valence-corrected chi connectivity index (χ4v) is 1.91. The molecule has 2 saturated heterocycles. The summed E-state index contributed by atoms with van der Waals surface area (Å²) in [6.45, 7) is 8.57. The molecule has 0 aliphatic carbocycles. The topological polar surface area (TPSA) is 18.5 Å². The van der Waals surface area contributed by atoms with Gasteiger partial charge in [0.05, 0.1) is 26.4 Å². The van der Waals surface area contributed by atoms with Crippen LogP contribution in [0.2, 0.25) is 0 Å². The molecule has 8 heteroatoms. The zero-order valence-corrected chi connectivity index (χ0v) is 9.01. The molecule has 0 saturated carbocycles. The Morgan fingerprint density at radius 2 is 0.938 bits per heavy atom. The average Bonchev–Trinajstić information content (AvgIpc) is 2.17. The molecule has 0 amide bonds. The molecule has 0 unspecified atom stereocenters. The Bertz CT molecular complexity index is 177. The van der Waals surface area contributed by atoms with Crippen LogP contribution in [0.4, 0.5) is 17.3 Å². The molecule has 96 valence electrons. The minimum absolute atomic E-state index is 0.944. The maximum Gasteiger partial charge on any atom is 0.673 e. The van der Waals surface area contributed by atoms with Crippen LogP contribution in [-0.4, -0.2) is 64.3 Å². The lowest BCUT2D eigenvalue weighted by molar-refractivity contribution is -0.941. The minimum Gasteiger partial charge on any atom is -0.418 e. The van der Waals surface area contributed by atoms with E-state index in [1.807, 2.05) is 0 Å². The molecule has 2 aliphatic rings. The predicted octanol–water partition coefficient (Wildman–Crippen LogP) is 1.16. The van der Waals surface area contributed by atoms with Gasteiger partial charge in [-0.2, -0.15) is 0 Å². The zero-order valence-electron chi connectivity index (χ0n) is 9.01. The summed E-state index contributed by atoms with van der Waals surface area (Å²) in [5.41, 5.74) is 0. The average molecular weight is 245 g/mol. The molecule has 0 aromatic carbocycles. The Kier molecular flexibility index (Phi) is 5.01. The van der Waals surface area contributed by atoms with Gasteiger partial charge in [0.2, 0.25) is 0 Å². The van der Waals surface area contributed by atoms with Crippen LogP contribution >= 0.6 is 0 Å². The van der Waals surface area contributed by atoms with Gasteiger partial charge in [0.1, 0.15) is 26.2 Å². The lowest BCUT2D eigenvalue weighted by Gasteiger charge is -2.43. The van der Waals surface area contributed by atoms with Crippen molar-refractivity contribution in [2.24, 2.45) is 0 Å². The largest absolute Gasteiger partial charge is 0.673 e. The molecule has 2 aliphatic heterocycles. The number of ether oxygens (including phenoxy) is 2. The number of nitrogens with zero attached hydrogens (tertiary/aromatic N) is 1. The molecule has 1 spiro atoms. The van der Waals surface area contributed by atoms with E-state index >= 15 is 0 Å². The SMILES string of the molecule is C1C[N+]2(CCO1)CCOCC2.F[B-](F)(F)F. The first-order chi connectivity index (χ1) is 7.41. The molecule has 0 N–H and O–H groups in total. The van der Waals surface area contributed by atoms with E-state index in [9.17, 15) is 17.3 Å². The first-order valence-corrected chi connectivity index (χ1v) is 5.29. The van der Waals surface area contributed by atoms with Gasteiger partial charge in [-0.1, -0.05) is 0 Å². The quantitative estimate of drug-likeness (QED) is 0.362.